The van der Waals surface area contributed by atoms with E-state index in [0.29, 0.717) is 30.1 Å². The van der Waals surface area contributed by atoms with Crippen molar-refractivity contribution in [2.24, 2.45) is 5.73 Å². The fourth-order valence-electron chi connectivity index (χ4n) is 4.53. The van der Waals surface area contributed by atoms with Gasteiger partial charge in [0, 0.05) is 42.6 Å². The van der Waals surface area contributed by atoms with Gasteiger partial charge >= 0.3 is 0 Å². The van der Waals surface area contributed by atoms with E-state index >= 15 is 0 Å². The van der Waals surface area contributed by atoms with E-state index in [0.717, 1.165) is 38.2 Å². The normalized spacial score (nSPS) is 21.5. The van der Waals surface area contributed by atoms with Crippen LogP contribution in [0.4, 0.5) is 5.82 Å². The van der Waals surface area contributed by atoms with Gasteiger partial charge < -0.3 is 20.4 Å². The summed E-state index contributed by atoms with van der Waals surface area (Å²) < 4.78 is 7.92. The molecule has 0 spiro atoms. The minimum absolute atomic E-state index is 0.0346. The van der Waals surface area contributed by atoms with Crippen molar-refractivity contribution in [3.05, 3.63) is 46.9 Å². The second-order valence-corrected chi connectivity index (χ2v) is 8.70. The number of rotatable bonds is 8. The van der Waals surface area contributed by atoms with Gasteiger partial charge in [-0.2, -0.15) is 0 Å². The summed E-state index contributed by atoms with van der Waals surface area (Å²) in [7, 11) is 0. The number of carbonyl (C=O) groups excluding carboxylic acids is 1. The van der Waals surface area contributed by atoms with Crippen LogP contribution in [0.25, 0.3) is 0 Å². The lowest BCUT2D eigenvalue weighted by atomic mass is 10.00. The first kappa shape index (κ1) is 18.8. The molecule has 2 aliphatic carbocycles. The Morgan fingerprint density at radius 3 is 2.69 bits per heavy atom. The molecule has 2 aromatic rings. The van der Waals surface area contributed by atoms with E-state index in [2.05, 4.69) is 20.9 Å². The molecule has 3 heterocycles. The molecule has 3 fully saturated rings. The van der Waals surface area contributed by atoms with E-state index in [1.807, 2.05) is 12.1 Å². The van der Waals surface area contributed by atoms with Crippen LogP contribution in [0, 0.1) is 0 Å². The monoisotopic (exact) mass is 394 g/mol. The van der Waals surface area contributed by atoms with Crippen molar-refractivity contribution in [2.75, 3.05) is 25.1 Å². The standard InChI is InChI=1S/C23H30N4O2/c24-8-1-10-27-20(15-2-3-15)13-19(22(27)16-4-5-16)23(28)26-21-12-17(6-9-25-21)18-7-11-29-14-18/h6,9,12-13,15-16,18H,1-5,7-8,10-11,14,24H2,(H,25,26,28)/t18-/m0/s1. The average Bonchev–Trinajstić information content (AvgIpc) is 3.66. The highest BCUT2D eigenvalue weighted by atomic mass is 16.5. The van der Waals surface area contributed by atoms with Crippen molar-refractivity contribution >= 4 is 11.7 Å². The number of pyridine rings is 1. The maximum Gasteiger partial charge on any atom is 0.258 e. The molecular weight excluding hydrogens is 364 g/mol. The Bertz CT molecular complexity index is 892. The minimum Gasteiger partial charge on any atom is -0.381 e. The van der Waals surface area contributed by atoms with Crippen LogP contribution in [0.3, 0.4) is 0 Å². The van der Waals surface area contributed by atoms with Gasteiger partial charge in [0.25, 0.3) is 5.91 Å². The first-order chi connectivity index (χ1) is 14.2. The lowest BCUT2D eigenvalue weighted by molar-refractivity contribution is 0.102. The molecule has 0 bridgehead atoms. The van der Waals surface area contributed by atoms with Gasteiger partial charge in [0.15, 0.2) is 0 Å². The Hall–Kier alpha value is -2.18. The van der Waals surface area contributed by atoms with E-state index in [1.165, 1.54) is 42.6 Å². The van der Waals surface area contributed by atoms with Gasteiger partial charge in [0.05, 0.1) is 12.2 Å². The van der Waals surface area contributed by atoms with E-state index in [9.17, 15) is 4.79 Å². The molecule has 2 saturated carbocycles. The van der Waals surface area contributed by atoms with Gasteiger partial charge in [-0.1, -0.05) is 0 Å². The van der Waals surface area contributed by atoms with Crippen molar-refractivity contribution in [1.29, 1.82) is 0 Å². The van der Waals surface area contributed by atoms with Crippen molar-refractivity contribution in [3.8, 4) is 0 Å². The summed E-state index contributed by atoms with van der Waals surface area (Å²) >= 11 is 0. The Morgan fingerprint density at radius 1 is 1.17 bits per heavy atom. The number of hydrogen-bond acceptors (Lipinski definition) is 4. The van der Waals surface area contributed by atoms with Crippen LogP contribution < -0.4 is 11.1 Å². The van der Waals surface area contributed by atoms with Gasteiger partial charge in [-0.05, 0) is 74.8 Å². The molecule has 0 radical (unpaired) electrons. The molecule has 1 aliphatic heterocycles. The third-order valence-corrected chi connectivity index (χ3v) is 6.39. The number of nitrogens with zero attached hydrogens (tertiary/aromatic N) is 2. The first-order valence-electron chi connectivity index (χ1n) is 11.0. The fraction of sp³-hybridized carbons (Fsp3) is 0.565. The van der Waals surface area contributed by atoms with Crippen molar-refractivity contribution < 1.29 is 9.53 Å². The summed E-state index contributed by atoms with van der Waals surface area (Å²) in [4.78, 5) is 17.7. The second-order valence-electron chi connectivity index (χ2n) is 8.70. The Kier molecular flexibility index (Phi) is 5.14. The highest BCUT2D eigenvalue weighted by molar-refractivity contribution is 6.05. The lowest BCUT2D eigenvalue weighted by Crippen LogP contribution is -2.16. The number of anilines is 1. The highest BCUT2D eigenvalue weighted by Gasteiger charge is 2.36. The predicted octanol–water partition coefficient (Wildman–Crippen LogP) is 3.74. The summed E-state index contributed by atoms with van der Waals surface area (Å²) in [6, 6.07) is 6.17. The lowest BCUT2D eigenvalue weighted by Gasteiger charge is -2.14. The van der Waals surface area contributed by atoms with Crippen LogP contribution in [0.5, 0.6) is 0 Å². The summed E-state index contributed by atoms with van der Waals surface area (Å²) in [5, 5.41) is 3.07. The molecule has 2 aromatic heterocycles. The number of carbonyl (C=O) groups is 1. The van der Waals surface area contributed by atoms with Gasteiger partial charge in [-0.25, -0.2) is 4.98 Å². The molecule has 1 amide bonds. The molecule has 5 rings (SSSR count). The van der Waals surface area contributed by atoms with Gasteiger partial charge in [-0.15, -0.1) is 0 Å². The van der Waals surface area contributed by atoms with Crippen LogP contribution in [0.2, 0.25) is 0 Å². The molecule has 154 valence electrons. The first-order valence-corrected chi connectivity index (χ1v) is 11.0. The molecule has 1 atom stereocenters. The molecule has 0 aromatic carbocycles. The zero-order valence-electron chi connectivity index (χ0n) is 16.9. The maximum absolute atomic E-state index is 13.3. The smallest absolute Gasteiger partial charge is 0.258 e. The van der Waals surface area contributed by atoms with Crippen LogP contribution >= 0.6 is 0 Å². The van der Waals surface area contributed by atoms with Crippen LogP contribution in [-0.2, 0) is 11.3 Å². The number of hydrogen-bond donors (Lipinski definition) is 2. The summed E-state index contributed by atoms with van der Waals surface area (Å²) in [5.41, 5.74) is 10.4. The van der Waals surface area contributed by atoms with Crippen LogP contribution in [-0.4, -0.2) is 35.2 Å². The molecule has 6 nitrogen and oxygen atoms in total. The van der Waals surface area contributed by atoms with Crippen molar-refractivity contribution in [1.82, 2.24) is 9.55 Å². The summed E-state index contributed by atoms with van der Waals surface area (Å²) in [5.74, 6) is 2.11. The quantitative estimate of drug-likeness (QED) is 0.714. The minimum atomic E-state index is -0.0346. The van der Waals surface area contributed by atoms with E-state index in [-0.39, 0.29) is 5.91 Å². The Labute approximate surface area is 171 Å². The van der Waals surface area contributed by atoms with Gasteiger partial charge in [-0.3, -0.25) is 4.79 Å². The highest BCUT2D eigenvalue weighted by Crippen LogP contribution is 2.47. The third kappa shape index (κ3) is 3.96. The number of nitrogens with one attached hydrogen (secondary N) is 1. The van der Waals surface area contributed by atoms with Crippen molar-refractivity contribution in [2.45, 2.75) is 62.8 Å². The number of nitrogens with two attached hydrogens (primary N) is 1. The zero-order valence-corrected chi connectivity index (χ0v) is 16.9. The summed E-state index contributed by atoms with van der Waals surface area (Å²) in [6.07, 6.45) is 8.56. The maximum atomic E-state index is 13.3. The second kappa shape index (κ2) is 7.92. The number of amides is 1. The van der Waals surface area contributed by atoms with Gasteiger partial charge in [0.1, 0.15) is 5.82 Å². The number of aromatic nitrogens is 2. The van der Waals surface area contributed by atoms with Crippen LogP contribution in [0.15, 0.2) is 24.4 Å². The van der Waals surface area contributed by atoms with Crippen molar-refractivity contribution in [3.63, 3.8) is 0 Å². The molecule has 29 heavy (non-hydrogen) atoms. The average molecular weight is 395 g/mol. The molecular formula is C23H30N4O2. The SMILES string of the molecule is NCCCn1c(C2CC2)cc(C(=O)Nc2cc([C@H]3CCOC3)ccn2)c1C1CC1. The predicted molar refractivity (Wildman–Crippen MR) is 112 cm³/mol. The summed E-state index contributed by atoms with van der Waals surface area (Å²) in [6.45, 7) is 3.14. The van der Waals surface area contributed by atoms with E-state index in [1.54, 1.807) is 6.20 Å². The van der Waals surface area contributed by atoms with Gasteiger partial charge in [0.2, 0.25) is 0 Å². The zero-order chi connectivity index (χ0) is 19.8. The molecule has 3 aliphatic rings. The Morgan fingerprint density at radius 2 is 2.00 bits per heavy atom. The van der Waals surface area contributed by atoms with E-state index < -0.39 is 0 Å². The molecule has 0 unspecified atom stereocenters. The van der Waals surface area contributed by atoms with E-state index in [4.69, 9.17) is 10.5 Å². The largest absolute Gasteiger partial charge is 0.381 e. The topological polar surface area (TPSA) is 82.2 Å². The molecule has 3 N–H and O–H groups in total. The molecule has 6 heteroatoms. The number of ether oxygens (including phenoxy) is 1. The Balaban J connectivity index is 1.41. The fourth-order valence-corrected chi connectivity index (χ4v) is 4.53. The van der Waals surface area contributed by atoms with Crippen LogP contribution in [0.1, 0.15) is 83.6 Å². The third-order valence-electron chi connectivity index (χ3n) is 6.39. The molecule has 1 saturated heterocycles.